The van der Waals surface area contributed by atoms with Gasteiger partial charge in [0.1, 0.15) is 0 Å². The van der Waals surface area contributed by atoms with Crippen LogP contribution in [0.1, 0.15) is 1.43 Å². The van der Waals surface area contributed by atoms with Crippen LogP contribution in [0.25, 0.3) is 0 Å². The molecule has 48 valence electrons. The lowest BCUT2D eigenvalue weighted by molar-refractivity contribution is 0.234. The van der Waals surface area contributed by atoms with Gasteiger partial charge in [0, 0.05) is 0 Å². The van der Waals surface area contributed by atoms with Crippen LogP contribution >= 0.6 is 0 Å². The highest BCUT2D eigenvalue weighted by Crippen LogP contribution is 1.59. The van der Waals surface area contributed by atoms with Crippen molar-refractivity contribution in [1.82, 2.24) is 10.6 Å². The molecule has 4 amide bonds. The molecule has 0 aliphatic heterocycles. The Morgan fingerprint density at radius 1 is 1.67 bits per heavy atom. The number of rotatable bonds is 0. The second-order valence-corrected chi connectivity index (χ2v) is 1.06. The normalized spacial score (nSPS) is 7.00. The lowest BCUT2D eigenvalue weighted by Crippen LogP contribution is -2.40. The SMILES string of the molecule is N#CNC(=O)NC(N)=O.[H+]. The van der Waals surface area contributed by atoms with Crippen molar-refractivity contribution in [1.29, 1.82) is 5.26 Å². The van der Waals surface area contributed by atoms with E-state index in [2.05, 4.69) is 5.73 Å². The largest absolute Gasteiger partial charge is 1.00 e. The van der Waals surface area contributed by atoms with Crippen LogP contribution in [0.3, 0.4) is 0 Å². The molecule has 0 heterocycles. The zero-order valence-corrected chi connectivity index (χ0v) is 4.34. The third kappa shape index (κ3) is 4.08. The smallest absolute Gasteiger partial charge is 0.351 e. The first-order valence-electron chi connectivity index (χ1n) is 1.92. The van der Waals surface area contributed by atoms with E-state index in [0.29, 0.717) is 0 Å². The minimum Gasteiger partial charge on any atom is -0.351 e. The molecular weight excluding hydrogens is 124 g/mol. The van der Waals surface area contributed by atoms with Gasteiger partial charge in [0.25, 0.3) is 0 Å². The van der Waals surface area contributed by atoms with Gasteiger partial charge in [-0.2, -0.15) is 5.26 Å². The zero-order valence-electron chi connectivity index (χ0n) is 5.34. The molecule has 0 radical (unpaired) electrons. The minimum atomic E-state index is -0.997. The maximum absolute atomic E-state index is 10.1. The number of carbonyl (C=O) groups is 2. The molecule has 6 heteroatoms. The fourth-order valence-electron chi connectivity index (χ4n) is 0.194. The standard InChI is InChI=1S/C3H4N4O2/c4-1-6-3(9)7-2(5)8/h(H4,5,6,7,8,9)/p+1. The zero-order chi connectivity index (χ0) is 7.28. The average molecular weight is 129 g/mol. The highest BCUT2D eigenvalue weighted by molar-refractivity contribution is 5.92. The Labute approximate surface area is 52.1 Å². The van der Waals surface area contributed by atoms with Crippen molar-refractivity contribution in [3.63, 3.8) is 0 Å². The Kier molecular flexibility index (Phi) is 2.62. The lowest BCUT2D eigenvalue weighted by Gasteiger charge is -1.93. The number of amides is 4. The third-order valence-corrected chi connectivity index (χ3v) is 0.406. The number of hydrogen-bond donors (Lipinski definition) is 3. The second-order valence-electron chi connectivity index (χ2n) is 1.06. The molecule has 0 spiro atoms. The molecule has 0 saturated carbocycles. The predicted molar refractivity (Wildman–Crippen MR) is 28.0 cm³/mol. The predicted octanol–water partition coefficient (Wildman–Crippen LogP) is -1.04. The molecule has 0 saturated heterocycles. The average Bonchev–Trinajstić information content (AvgIpc) is 1.63. The highest BCUT2D eigenvalue weighted by atomic mass is 16.2. The van der Waals surface area contributed by atoms with Crippen molar-refractivity contribution >= 4 is 12.1 Å². The number of carbonyl (C=O) groups excluding carboxylic acids is 2. The number of primary amides is 1. The highest BCUT2D eigenvalue weighted by Gasteiger charge is 1.98. The molecule has 0 rings (SSSR count). The third-order valence-electron chi connectivity index (χ3n) is 0.406. The van der Waals surface area contributed by atoms with E-state index in [-0.39, 0.29) is 1.43 Å². The van der Waals surface area contributed by atoms with E-state index < -0.39 is 12.1 Å². The number of nitrogens with one attached hydrogen (secondary N) is 2. The van der Waals surface area contributed by atoms with Gasteiger partial charge in [0.05, 0.1) is 0 Å². The maximum Gasteiger partial charge on any atom is 1.00 e. The van der Waals surface area contributed by atoms with Crippen LogP contribution in [-0.4, -0.2) is 12.1 Å². The molecule has 0 aromatic heterocycles. The first kappa shape index (κ1) is 7.23. The summed E-state index contributed by atoms with van der Waals surface area (Å²) in [6.45, 7) is 0. The summed E-state index contributed by atoms with van der Waals surface area (Å²) >= 11 is 0. The molecule has 0 atom stereocenters. The number of nitrogens with two attached hydrogens (primary N) is 1. The molecule has 0 aliphatic rings. The topological polar surface area (TPSA) is 108 Å². The van der Waals surface area contributed by atoms with Gasteiger partial charge in [0.15, 0.2) is 6.19 Å². The van der Waals surface area contributed by atoms with Crippen LogP contribution in [0.15, 0.2) is 0 Å². The van der Waals surface area contributed by atoms with Gasteiger partial charge in [-0.05, 0) is 0 Å². The molecule has 0 bridgehead atoms. The molecule has 0 fully saturated rings. The van der Waals surface area contributed by atoms with E-state index in [1.165, 1.54) is 6.19 Å². The van der Waals surface area contributed by atoms with Crippen molar-refractivity contribution < 1.29 is 11.0 Å². The van der Waals surface area contributed by atoms with Gasteiger partial charge in [-0.3, -0.25) is 5.32 Å². The van der Waals surface area contributed by atoms with E-state index in [0.717, 1.165) is 0 Å². The van der Waals surface area contributed by atoms with Crippen LogP contribution in [-0.2, 0) is 0 Å². The number of urea groups is 2. The summed E-state index contributed by atoms with van der Waals surface area (Å²) in [5.74, 6) is 0. The van der Waals surface area contributed by atoms with Crippen molar-refractivity contribution in [2.75, 3.05) is 0 Å². The first-order valence-corrected chi connectivity index (χ1v) is 1.92. The van der Waals surface area contributed by atoms with Gasteiger partial charge >= 0.3 is 13.5 Å². The second kappa shape index (κ2) is 3.26. The van der Waals surface area contributed by atoms with Crippen molar-refractivity contribution in [3.05, 3.63) is 0 Å². The van der Waals surface area contributed by atoms with Crippen LogP contribution in [0.5, 0.6) is 0 Å². The van der Waals surface area contributed by atoms with E-state index in [1.54, 1.807) is 10.6 Å². The van der Waals surface area contributed by atoms with E-state index in [4.69, 9.17) is 5.26 Å². The summed E-state index contributed by atoms with van der Waals surface area (Å²) in [5, 5.41) is 11.0. The summed E-state index contributed by atoms with van der Waals surface area (Å²) in [5.41, 5.74) is 4.50. The molecule has 0 aliphatic carbocycles. The lowest BCUT2D eigenvalue weighted by atomic mass is 10.9. The van der Waals surface area contributed by atoms with Gasteiger partial charge in [0.2, 0.25) is 0 Å². The summed E-state index contributed by atoms with van der Waals surface area (Å²) in [6.07, 6.45) is 1.30. The summed E-state index contributed by atoms with van der Waals surface area (Å²) in [7, 11) is 0. The first-order chi connectivity index (χ1) is 4.16. The van der Waals surface area contributed by atoms with Crippen LogP contribution < -0.4 is 16.4 Å². The van der Waals surface area contributed by atoms with Crippen molar-refractivity contribution in [2.24, 2.45) is 5.73 Å². The fourth-order valence-corrected chi connectivity index (χ4v) is 0.194. The van der Waals surface area contributed by atoms with Crippen LogP contribution in [0.4, 0.5) is 9.59 Å². The van der Waals surface area contributed by atoms with Gasteiger partial charge in [-0.1, -0.05) is 0 Å². The number of imide groups is 1. The van der Waals surface area contributed by atoms with E-state index in [9.17, 15) is 9.59 Å². The van der Waals surface area contributed by atoms with Gasteiger partial charge in [-0.25, -0.2) is 14.9 Å². The molecule has 0 aromatic carbocycles. The molecule has 4 N–H and O–H groups in total. The number of hydrogen-bond acceptors (Lipinski definition) is 3. The summed E-state index contributed by atoms with van der Waals surface area (Å²) < 4.78 is 0. The van der Waals surface area contributed by atoms with E-state index >= 15 is 0 Å². The minimum absolute atomic E-state index is 0. The Morgan fingerprint density at radius 3 is 2.56 bits per heavy atom. The molecule has 6 nitrogen and oxygen atoms in total. The Hall–Kier alpha value is -1.77. The van der Waals surface area contributed by atoms with Crippen molar-refractivity contribution in [2.45, 2.75) is 0 Å². The number of nitrogens with zero attached hydrogens (tertiary/aromatic N) is 1. The van der Waals surface area contributed by atoms with Crippen LogP contribution in [0, 0.1) is 11.5 Å². The molecule has 9 heavy (non-hydrogen) atoms. The fraction of sp³-hybridized carbons (Fsp3) is 0. The van der Waals surface area contributed by atoms with Gasteiger partial charge in [-0.15, -0.1) is 0 Å². The van der Waals surface area contributed by atoms with Crippen LogP contribution in [0.2, 0.25) is 0 Å². The van der Waals surface area contributed by atoms with Gasteiger partial charge < -0.3 is 5.73 Å². The summed E-state index contributed by atoms with van der Waals surface area (Å²) in [4.78, 5) is 19.9. The molecule has 0 unspecified atom stereocenters. The van der Waals surface area contributed by atoms with E-state index in [1.807, 2.05) is 0 Å². The Morgan fingerprint density at radius 2 is 2.22 bits per heavy atom. The molecular formula is C3H5N4O2+. The summed E-state index contributed by atoms with van der Waals surface area (Å²) in [6, 6.07) is -1.92. The quantitative estimate of drug-likeness (QED) is 0.287. The Bertz CT molecular complexity index is 174. The Balaban J connectivity index is 0. The number of nitriles is 1. The molecule has 0 aromatic rings. The maximum atomic E-state index is 10.1. The van der Waals surface area contributed by atoms with Crippen molar-refractivity contribution in [3.8, 4) is 6.19 Å². The monoisotopic (exact) mass is 129 g/mol.